The lowest BCUT2D eigenvalue weighted by Gasteiger charge is -2.24. The molecule has 214 valence electrons. The van der Waals surface area contributed by atoms with Crippen LogP contribution < -0.4 is 20.7 Å². The molecule has 4 rings (SSSR count). The first kappa shape index (κ1) is 29.2. The topological polar surface area (TPSA) is 110 Å². The van der Waals surface area contributed by atoms with Gasteiger partial charge in [0.25, 0.3) is 5.56 Å². The first-order valence-electron chi connectivity index (χ1n) is 12.0. The maximum atomic E-state index is 13.7. The van der Waals surface area contributed by atoms with Gasteiger partial charge in [-0.1, -0.05) is 29.8 Å². The number of rotatable bonds is 9. The highest BCUT2D eigenvalue weighted by Crippen LogP contribution is 2.30. The van der Waals surface area contributed by atoms with E-state index < -0.39 is 35.3 Å². The second-order valence-corrected chi connectivity index (χ2v) is 9.97. The minimum absolute atomic E-state index is 0.00482. The van der Waals surface area contributed by atoms with Crippen LogP contribution in [0.4, 0.5) is 13.2 Å². The zero-order chi connectivity index (χ0) is 29.4. The Morgan fingerprint density at radius 3 is 2.33 bits per heavy atom. The third kappa shape index (κ3) is 6.84. The number of hydrogen-bond donors (Lipinski definition) is 1. The van der Waals surface area contributed by atoms with Gasteiger partial charge in [0.05, 0.1) is 19.2 Å². The zero-order valence-corrected chi connectivity index (χ0v) is 22.7. The van der Waals surface area contributed by atoms with Crippen LogP contribution in [0.3, 0.4) is 0 Å². The minimum atomic E-state index is -4.91. The third-order valence-electron chi connectivity index (χ3n) is 5.63. The summed E-state index contributed by atoms with van der Waals surface area (Å²) in [4.78, 5) is 31.2. The van der Waals surface area contributed by atoms with E-state index in [0.717, 1.165) is 21.3 Å². The quantitative estimate of drug-likeness (QED) is 0.291. The molecule has 0 aliphatic heterocycles. The Labute approximate surface area is 230 Å². The molecule has 2 aromatic carbocycles. The predicted octanol–water partition coefficient (Wildman–Crippen LogP) is 4.42. The van der Waals surface area contributed by atoms with Crippen molar-refractivity contribution >= 4 is 22.8 Å². The Morgan fingerprint density at radius 2 is 1.70 bits per heavy atom. The predicted molar refractivity (Wildman–Crippen MR) is 140 cm³/mol. The van der Waals surface area contributed by atoms with Crippen LogP contribution in [-0.2, 0) is 24.9 Å². The van der Waals surface area contributed by atoms with Crippen LogP contribution in [0.1, 0.15) is 26.3 Å². The molecule has 0 spiro atoms. The maximum Gasteiger partial charge on any atom is 0.573 e. The fourth-order valence-electron chi connectivity index (χ4n) is 4.14. The van der Waals surface area contributed by atoms with Crippen molar-refractivity contribution in [2.75, 3.05) is 0 Å². The average molecular weight is 583 g/mol. The Morgan fingerprint density at radius 1 is 1.05 bits per heavy atom. The number of halogens is 4. The summed E-state index contributed by atoms with van der Waals surface area (Å²) < 4.78 is 57.0. The molecule has 0 saturated carbocycles. The maximum absolute atomic E-state index is 13.7. The highest BCUT2D eigenvalue weighted by Gasteiger charge is 2.31. The fourth-order valence-corrected chi connectivity index (χ4v) is 4.26. The Hall–Kier alpha value is -3.81. The second kappa shape index (κ2) is 11.0. The van der Waals surface area contributed by atoms with E-state index in [0.29, 0.717) is 10.6 Å². The first-order valence-corrected chi connectivity index (χ1v) is 12.4. The van der Waals surface area contributed by atoms with Crippen molar-refractivity contribution in [3.63, 3.8) is 0 Å². The molecule has 0 saturated heterocycles. The highest BCUT2D eigenvalue weighted by molar-refractivity contribution is 6.30. The summed E-state index contributed by atoms with van der Waals surface area (Å²) in [5, 5.41) is 10.5. The van der Waals surface area contributed by atoms with E-state index in [9.17, 15) is 27.9 Å². The van der Waals surface area contributed by atoms with Gasteiger partial charge >= 0.3 is 18.1 Å². The molecule has 0 fully saturated rings. The van der Waals surface area contributed by atoms with Crippen LogP contribution in [0, 0.1) is 0 Å². The van der Waals surface area contributed by atoms with Gasteiger partial charge in [-0.25, -0.2) is 4.79 Å². The molecule has 40 heavy (non-hydrogen) atoms. The molecule has 1 N–H and O–H groups in total. The summed E-state index contributed by atoms with van der Waals surface area (Å²) in [7, 11) is 1.42. The molecule has 0 radical (unpaired) electrons. The third-order valence-corrected chi connectivity index (χ3v) is 5.88. The van der Waals surface area contributed by atoms with E-state index in [1.807, 2.05) is 0 Å². The molecule has 0 aliphatic carbocycles. The summed E-state index contributed by atoms with van der Waals surface area (Å²) in [6, 6.07) is 11.4. The number of benzene rings is 2. The SMILES string of the molecule is CC(Cn1c(=O)c2c(nc(Oc3cccc(OC(F)(F)F)c3)n2Cc2ccc(Cl)cc2)n(C)c1=O)OC(C)(C)O. The summed E-state index contributed by atoms with van der Waals surface area (Å²) in [5.41, 5.74) is -0.692. The number of aliphatic hydroxyl groups is 1. The van der Waals surface area contributed by atoms with Crippen molar-refractivity contribution in [1.82, 2.24) is 18.7 Å². The number of ether oxygens (including phenoxy) is 3. The zero-order valence-electron chi connectivity index (χ0n) is 21.9. The van der Waals surface area contributed by atoms with Crippen molar-refractivity contribution in [1.29, 1.82) is 0 Å². The van der Waals surface area contributed by atoms with E-state index in [2.05, 4.69) is 9.72 Å². The van der Waals surface area contributed by atoms with Crippen molar-refractivity contribution in [2.24, 2.45) is 7.05 Å². The van der Waals surface area contributed by atoms with Gasteiger partial charge < -0.3 is 19.3 Å². The lowest BCUT2D eigenvalue weighted by molar-refractivity contribution is -0.274. The highest BCUT2D eigenvalue weighted by atomic mass is 35.5. The van der Waals surface area contributed by atoms with Gasteiger partial charge in [0.2, 0.25) is 0 Å². The number of hydrogen-bond acceptors (Lipinski definition) is 7. The number of alkyl halides is 3. The lowest BCUT2D eigenvalue weighted by Crippen LogP contribution is -2.43. The van der Waals surface area contributed by atoms with Gasteiger partial charge in [-0.2, -0.15) is 4.98 Å². The van der Waals surface area contributed by atoms with Crippen LogP contribution in [0.5, 0.6) is 17.5 Å². The van der Waals surface area contributed by atoms with Crippen LogP contribution in [-0.4, -0.2) is 42.0 Å². The Kier molecular flexibility index (Phi) is 8.01. The van der Waals surface area contributed by atoms with E-state index >= 15 is 0 Å². The molecule has 4 aromatic rings. The van der Waals surface area contributed by atoms with Gasteiger partial charge in [0.15, 0.2) is 17.0 Å². The molecule has 10 nitrogen and oxygen atoms in total. The van der Waals surface area contributed by atoms with E-state index in [1.165, 1.54) is 37.6 Å². The molecule has 1 atom stereocenters. The molecular formula is C26H26ClF3N4O6. The normalized spacial score (nSPS) is 13.0. The van der Waals surface area contributed by atoms with Gasteiger partial charge in [0, 0.05) is 18.1 Å². The molecule has 2 heterocycles. The molecule has 0 amide bonds. The second-order valence-electron chi connectivity index (χ2n) is 9.54. The van der Waals surface area contributed by atoms with E-state index in [1.54, 1.807) is 31.2 Å². The van der Waals surface area contributed by atoms with Crippen molar-refractivity contribution in [2.45, 2.75) is 52.1 Å². The number of fused-ring (bicyclic) bond motifs is 1. The molecule has 2 aromatic heterocycles. The minimum Gasteiger partial charge on any atom is -0.425 e. The molecule has 0 bridgehead atoms. The smallest absolute Gasteiger partial charge is 0.425 e. The van der Waals surface area contributed by atoms with Crippen molar-refractivity contribution < 1.29 is 32.5 Å². The first-order chi connectivity index (χ1) is 18.6. The summed E-state index contributed by atoms with van der Waals surface area (Å²) in [5.74, 6) is -2.06. The van der Waals surface area contributed by atoms with Gasteiger partial charge in [-0.15, -0.1) is 13.2 Å². The number of aromatic nitrogens is 4. The van der Waals surface area contributed by atoms with Crippen LogP contribution in [0.25, 0.3) is 11.2 Å². The number of imidazole rings is 1. The molecule has 1 unspecified atom stereocenters. The van der Waals surface area contributed by atoms with Crippen LogP contribution in [0.2, 0.25) is 5.02 Å². The standard InChI is InChI=1S/C26H26ClF3N4O6/c1-15(39-25(2,3)37)13-34-22(35)20-21(32(4)24(34)36)31-23(33(20)14-16-8-10-17(27)11-9-16)38-18-6-5-7-19(12-18)40-26(28,29)30/h5-12,15,37H,13-14H2,1-4H3. The fraction of sp³-hybridized carbons (Fsp3) is 0.346. The summed E-state index contributed by atoms with van der Waals surface area (Å²) in [6.45, 7) is 4.32. The van der Waals surface area contributed by atoms with E-state index in [4.69, 9.17) is 21.1 Å². The van der Waals surface area contributed by atoms with Crippen LogP contribution >= 0.6 is 11.6 Å². The van der Waals surface area contributed by atoms with Crippen molar-refractivity contribution in [3.8, 4) is 17.5 Å². The number of nitrogens with zero attached hydrogens (tertiary/aromatic N) is 4. The van der Waals surface area contributed by atoms with Crippen molar-refractivity contribution in [3.05, 3.63) is 80.0 Å². The van der Waals surface area contributed by atoms with Gasteiger partial charge in [0.1, 0.15) is 11.5 Å². The largest absolute Gasteiger partial charge is 0.573 e. The van der Waals surface area contributed by atoms with Gasteiger partial charge in [-0.3, -0.25) is 18.5 Å². The molecule has 0 aliphatic rings. The summed E-state index contributed by atoms with van der Waals surface area (Å²) >= 11 is 6.01. The van der Waals surface area contributed by atoms with E-state index in [-0.39, 0.29) is 36.0 Å². The molecular weight excluding hydrogens is 557 g/mol. The lowest BCUT2D eigenvalue weighted by atomic mass is 10.2. The van der Waals surface area contributed by atoms with Crippen LogP contribution in [0.15, 0.2) is 58.1 Å². The monoisotopic (exact) mass is 582 g/mol. The van der Waals surface area contributed by atoms with Gasteiger partial charge in [-0.05, 0) is 50.6 Å². The average Bonchev–Trinajstić information content (AvgIpc) is 3.18. The number of aryl methyl sites for hydroxylation is 1. The molecule has 14 heteroatoms. The summed E-state index contributed by atoms with van der Waals surface area (Å²) in [6.07, 6.45) is -5.63. The Bertz CT molecular complexity index is 1640. The Balaban J connectivity index is 1.85.